The Kier molecular flexibility index (Phi) is 8.45. The topological polar surface area (TPSA) is 81.7 Å². The minimum atomic E-state index is -1.05. The number of hydrogen-bond donors (Lipinski definition) is 3. The third-order valence-electron chi connectivity index (χ3n) is 8.48. The number of aliphatic hydroxyl groups is 1. The number of carbonyl (C=O) groups excluding carboxylic acids is 2. The fourth-order valence-electron chi connectivity index (χ4n) is 6.25. The molecule has 6 nitrogen and oxygen atoms in total. The normalized spacial score (nSPS) is 19.7. The van der Waals surface area contributed by atoms with Gasteiger partial charge in [-0.05, 0) is 93.5 Å². The molecule has 2 amide bonds. The van der Waals surface area contributed by atoms with Crippen molar-refractivity contribution < 1.29 is 19.1 Å². The van der Waals surface area contributed by atoms with Gasteiger partial charge in [-0.25, -0.2) is 4.39 Å². The molecule has 7 heteroatoms. The Balaban J connectivity index is 1.47. The molecule has 1 aliphatic carbocycles. The predicted molar refractivity (Wildman–Crippen MR) is 160 cm³/mol. The lowest BCUT2D eigenvalue weighted by molar-refractivity contribution is -0.123. The van der Waals surface area contributed by atoms with Crippen LogP contribution < -0.4 is 10.6 Å². The first-order valence-electron chi connectivity index (χ1n) is 14.7. The van der Waals surface area contributed by atoms with Crippen LogP contribution in [0.15, 0.2) is 66.7 Å². The van der Waals surface area contributed by atoms with Gasteiger partial charge in [-0.15, -0.1) is 0 Å². The molecule has 0 spiro atoms. The van der Waals surface area contributed by atoms with Gasteiger partial charge in [0.15, 0.2) is 0 Å². The van der Waals surface area contributed by atoms with Crippen LogP contribution in [-0.2, 0) is 10.4 Å². The van der Waals surface area contributed by atoms with E-state index in [0.29, 0.717) is 42.2 Å². The van der Waals surface area contributed by atoms with Crippen molar-refractivity contribution in [3.63, 3.8) is 0 Å². The van der Waals surface area contributed by atoms with Gasteiger partial charge in [0.25, 0.3) is 5.91 Å². The molecule has 1 heterocycles. The summed E-state index contributed by atoms with van der Waals surface area (Å²) in [4.78, 5) is 29.4. The Morgan fingerprint density at radius 3 is 2.32 bits per heavy atom. The van der Waals surface area contributed by atoms with Gasteiger partial charge < -0.3 is 20.6 Å². The molecule has 2 fully saturated rings. The van der Waals surface area contributed by atoms with Crippen LogP contribution in [-0.4, -0.2) is 34.4 Å². The number of anilines is 2. The van der Waals surface area contributed by atoms with E-state index in [1.165, 1.54) is 18.9 Å². The van der Waals surface area contributed by atoms with E-state index < -0.39 is 29.3 Å². The minimum absolute atomic E-state index is 0.0518. The van der Waals surface area contributed by atoms with Crippen LogP contribution in [0.3, 0.4) is 0 Å². The van der Waals surface area contributed by atoms with Crippen LogP contribution in [0, 0.1) is 18.7 Å². The molecule has 1 saturated carbocycles. The highest BCUT2D eigenvalue weighted by atomic mass is 19.1. The van der Waals surface area contributed by atoms with Crippen molar-refractivity contribution in [3.05, 3.63) is 94.8 Å². The lowest BCUT2D eigenvalue weighted by Crippen LogP contribution is -2.46. The summed E-state index contributed by atoms with van der Waals surface area (Å²) in [5.41, 5.74) is 2.70. The standard InChI is InChI=1S/C34H40FN3O3/c1-22-9-6-15-29(35)30(22)33(40)38-20-8-14-28(32(39)37-27-13-7-10-24(21-27)34(2,3)41)31(38)23-16-18-26(19-17-23)36-25-11-4-5-12-25/h6-7,9-10,13,15-19,21,25,28,31,36,41H,4-5,8,11-12,14,20H2,1-3H3,(H,37,39). The van der Waals surface area contributed by atoms with Gasteiger partial charge in [0.05, 0.1) is 23.1 Å². The van der Waals surface area contributed by atoms with E-state index in [2.05, 4.69) is 10.6 Å². The van der Waals surface area contributed by atoms with Crippen molar-refractivity contribution in [2.75, 3.05) is 17.2 Å². The highest BCUT2D eigenvalue weighted by Crippen LogP contribution is 2.39. The highest BCUT2D eigenvalue weighted by Gasteiger charge is 2.40. The summed E-state index contributed by atoms with van der Waals surface area (Å²) in [7, 11) is 0. The number of rotatable bonds is 7. The number of amides is 2. The third-order valence-corrected chi connectivity index (χ3v) is 8.48. The van der Waals surface area contributed by atoms with Crippen molar-refractivity contribution in [2.24, 2.45) is 5.92 Å². The van der Waals surface area contributed by atoms with Crippen molar-refractivity contribution in [2.45, 2.75) is 77.0 Å². The average molecular weight is 558 g/mol. The van der Waals surface area contributed by atoms with Crippen LogP contribution in [0.4, 0.5) is 15.8 Å². The van der Waals surface area contributed by atoms with Crippen molar-refractivity contribution in [1.82, 2.24) is 4.90 Å². The molecule has 5 rings (SSSR count). The summed E-state index contributed by atoms with van der Waals surface area (Å²) in [6.45, 7) is 5.56. The molecule has 0 radical (unpaired) electrons. The maximum Gasteiger partial charge on any atom is 0.257 e. The number of aryl methyl sites for hydroxylation is 1. The molecule has 1 saturated heterocycles. The van der Waals surface area contributed by atoms with E-state index in [1.807, 2.05) is 30.3 Å². The molecule has 2 unspecified atom stereocenters. The summed E-state index contributed by atoms with van der Waals surface area (Å²) < 4.78 is 15.0. The highest BCUT2D eigenvalue weighted by molar-refractivity contribution is 5.98. The van der Waals surface area contributed by atoms with Crippen LogP contribution in [0.1, 0.15) is 85.5 Å². The monoisotopic (exact) mass is 557 g/mol. The minimum Gasteiger partial charge on any atom is -0.386 e. The Hall–Kier alpha value is -3.71. The van der Waals surface area contributed by atoms with Gasteiger partial charge >= 0.3 is 0 Å². The smallest absolute Gasteiger partial charge is 0.257 e. The summed E-state index contributed by atoms with van der Waals surface area (Å²) in [6, 6.07) is 19.7. The first kappa shape index (κ1) is 28.8. The molecular weight excluding hydrogens is 517 g/mol. The maximum atomic E-state index is 15.0. The van der Waals surface area contributed by atoms with Gasteiger partial charge in [-0.1, -0.05) is 49.2 Å². The Labute approximate surface area is 242 Å². The first-order valence-corrected chi connectivity index (χ1v) is 14.7. The van der Waals surface area contributed by atoms with Crippen LogP contribution >= 0.6 is 0 Å². The van der Waals surface area contributed by atoms with Gasteiger partial charge in [-0.3, -0.25) is 9.59 Å². The predicted octanol–water partition coefficient (Wildman–Crippen LogP) is 6.95. The molecule has 3 N–H and O–H groups in total. The molecule has 41 heavy (non-hydrogen) atoms. The summed E-state index contributed by atoms with van der Waals surface area (Å²) in [5, 5.41) is 17.1. The number of benzene rings is 3. The number of piperidine rings is 1. The molecule has 2 aliphatic rings. The lowest BCUT2D eigenvalue weighted by Gasteiger charge is -2.41. The molecular formula is C34H40FN3O3. The zero-order valence-electron chi connectivity index (χ0n) is 24.1. The number of halogens is 1. The molecule has 2 atom stereocenters. The molecule has 0 aromatic heterocycles. The second-order valence-corrected chi connectivity index (χ2v) is 12.0. The number of carbonyl (C=O) groups is 2. The van der Waals surface area contributed by atoms with Gasteiger partial charge in [0.1, 0.15) is 5.82 Å². The van der Waals surface area contributed by atoms with E-state index in [0.717, 1.165) is 24.1 Å². The van der Waals surface area contributed by atoms with Gasteiger partial charge in [0, 0.05) is 24.0 Å². The number of hydrogen-bond acceptors (Lipinski definition) is 4. The quantitative estimate of drug-likeness (QED) is 0.294. The van der Waals surface area contributed by atoms with E-state index in [4.69, 9.17) is 0 Å². The van der Waals surface area contributed by atoms with Gasteiger partial charge in [0.2, 0.25) is 5.91 Å². The first-order chi connectivity index (χ1) is 19.6. The Bertz CT molecular complexity index is 1370. The zero-order chi connectivity index (χ0) is 29.1. The Morgan fingerprint density at radius 1 is 0.927 bits per heavy atom. The fourth-order valence-corrected chi connectivity index (χ4v) is 6.25. The zero-order valence-corrected chi connectivity index (χ0v) is 24.1. The summed E-state index contributed by atoms with van der Waals surface area (Å²) >= 11 is 0. The van der Waals surface area contributed by atoms with Crippen molar-refractivity contribution in [1.29, 1.82) is 0 Å². The van der Waals surface area contributed by atoms with Crippen LogP contribution in [0.2, 0.25) is 0 Å². The van der Waals surface area contributed by atoms with E-state index in [1.54, 1.807) is 56.0 Å². The molecule has 1 aliphatic heterocycles. The summed E-state index contributed by atoms with van der Waals surface area (Å²) in [6.07, 6.45) is 6.00. The third kappa shape index (κ3) is 6.46. The van der Waals surface area contributed by atoms with E-state index in [-0.39, 0.29) is 11.5 Å². The fraction of sp³-hybridized carbons (Fsp3) is 0.412. The largest absolute Gasteiger partial charge is 0.386 e. The van der Waals surface area contributed by atoms with E-state index in [9.17, 15) is 19.1 Å². The number of nitrogens with one attached hydrogen (secondary N) is 2. The average Bonchev–Trinajstić information content (AvgIpc) is 3.46. The van der Waals surface area contributed by atoms with Gasteiger partial charge in [-0.2, -0.15) is 0 Å². The van der Waals surface area contributed by atoms with Crippen LogP contribution in [0.5, 0.6) is 0 Å². The van der Waals surface area contributed by atoms with E-state index >= 15 is 0 Å². The van der Waals surface area contributed by atoms with Crippen molar-refractivity contribution >= 4 is 23.2 Å². The molecule has 216 valence electrons. The second-order valence-electron chi connectivity index (χ2n) is 12.0. The maximum absolute atomic E-state index is 15.0. The van der Waals surface area contributed by atoms with Crippen molar-refractivity contribution in [3.8, 4) is 0 Å². The van der Waals surface area contributed by atoms with Crippen LogP contribution in [0.25, 0.3) is 0 Å². The number of likely N-dealkylation sites (tertiary alicyclic amines) is 1. The molecule has 0 bridgehead atoms. The SMILES string of the molecule is Cc1cccc(F)c1C(=O)N1CCCC(C(=O)Nc2cccc(C(C)(C)O)c2)C1c1ccc(NC2CCCC2)cc1. The number of nitrogens with zero attached hydrogens (tertiary/aromatic N) is 1. The Morgan fingerprint density at radius 2 is 1.63 bits per heavy atom. The molecule has 3 aromatic carbocycles. The molecule has 3 aromatic rings. The summed E-state index contributed by atoms with van der Waals surface area (Å²) in [5.74, 6) is -1.71. The second kappa shape index (κ2) is 12.0. The lowest BCUT2D eigenvalue weighted by atomic mass is 9.83.